The molecule has 0 aromatic heterocycles. The van der Waals surface area contributed by atoms with E-state index in [2.05, 4.69) is 0 Å². The average molecular weight is 262 g/mol. The summed E-state index contributed by atoms with van der Waals surface area (Å²) >= 11 is 1.54. The van der Waals surface area contributed by atoms with Gasteiger partial charge in [-0.3, -0.25) is 4.79 Å². The molecule has 0 aliphatic carbocycles. The van der Waals surface area contributed by atoms with Crippen LogP contribution < -0.4 is 4.74 Å². The van der Waals surface area contributed by atoms with Crippen LogP contribution in [0.1, 0.15) is 10.4 Å². The van der Waals surface area contributed by atoms with E-state index in [4.69, 9.17) is 4.74 Å². The van der Waals surface area contributed by atoms with Crippen molar-refractivity contribution in [3.8, 4) is 11.5 Å². The Morgan fingerprint density at radius 1 is 1.17 bits per heavy atom. The molecule has 0 saturated carbocycles. The third kappa shape index (κ3) is 2.71. The summed E-state index contributed by atoms with van der Waals surface area (Å²) in [4.78, 5) is 11.8. The summed E-state index contributed by atoms with van der Waals surface area (Å²) in [6, 6.07) is 11.4. The van der Waals surface area contributed by atoms with Crippen LogP contribution in [0.25, 0.3) is 0 Å². The number of halogens is 1. The number of carbonyl (C=O) groups excluding carboxylic acids is 1. The van der Waals surface area contributed by atoms with E-state index in [1.165, 1.54) is 12.1 Å². The Hall–Kier alpha value is -1.81. The van der Waals surface area contributed by atoms with Crippen LogP contribution >= 0.6 is 11.8 Å². The number of carbonyl (C=O) groups is 1. The third-order valence-electron chi connectivity index (χ3n) is 2.39. The molecule has 4 heteroatoms. The first kappa shape index (κ1) is 12.6. The smallest absolute Gasteiger partial charge is 0.153 e. The maximum absolute atomic E-state index is 13.0. The number of para-hydroxylation sites is 1. The maximum atomic E-state index is 13.0. The normalized spacial score (nSPS) is 10.1. The SMILES string of the molecule is CSc1ccccc1Oc1ccc(F)cc1C=O. The van der Waals surface area contributed by atoms with Crippen molar-refractivity contribution < 1.29 is 13.9 Å². The second-order valence-electron chi connectivity index (χ2n) is 3.55. The van der Waals surface area contributed by atoms with Gasteiger partial charge in [0.15, 0.2) is 6.29 Å². The van der Waals surface area contributed by atoms with Crippen molar-refractivity contribution in [2.75, 3.05) is 6.26 Å². The molecule has 0 bridgehead atoms. The third-order valence-corrected chi connectivity index (χ3v) is 3.16. The highest BCUT2D eigenvalue weighted by Gasteiger charge is 2.08. The lowest BCUT2D eigenvalue weighted by Crippen LogP contribution is -1.92. The molecular formula is C14H11FO2S. The number of benzene rings is 2. The first-order valence-electron chi connectivity index (χ1n) is 5.30. The molecule has 0 aliphatic rings. The largest absolute Gasteiger partial charge is 0.455 e. The maximum Gasteiger partial charge on any atom is 0.153 e. The van der Waals surface area contributed by atoms with E-state index in [1.54, 1.807) is 11.8 Å². The predicted octanol–water partition coefficient (Wildman–Crippen LogP) is 4.15. The summed E-state index contributed by atoms with van der Waals surface area (Å²) in [6.45, 7) is 0. The fourth-order valence-corrected chi connectivity index (χ4v) is 2.05. The topological polar surface area (TPSA) is 26.3 Å². The summed E-state index contributed by atoms with van der Waals surface area (Å²) < 4.78 is 18.7. The van der Waals surface area contributed by atoms with Gasteiger partial charge in [0, 0.05) is 4.90 Å². The number of aldehydes is 1. The first-order valence-corrected chi connectivity index (χ1v) is 6.52. The lowest BCUT2D eigenvalue weighted by Gasteiger charge is -2.10. The van der Waals surface area contributed by atoms with Gasteiger partial charge in [0.2, 0.25) is 0 Å². The van der Waals surface area contributed by atoms with Crippen LogP contribution in [0.3, 0.4) is 0 Å². The number of thioether (sulfide) groups is 1. The van der Waals surface area contributed by atoms with Gasteiger partial charge in [-0.1, -0.05) is 12.1 Å². The van der Waals surface area contributed by atoms with Crippen LogP contribution in [0.2, 0.25) is 0 Å². The highest BCUT2D eigenvalue weighted by Crippen LogP contribution is 2.32. The van der Waals surface area contributed by atoms with Crippen LogP contribution in [0.5, 0.6) is 11.5 Å². The molecule has 0 N–H and O–H groups in total. The Kier molecular flexibility index (Phi) is 3.99. The van der Waals surface area contributed by atoms with E-state index >= 15 is 0 Å². The van der Waals surface area contributed by atoms with Crippen molar-refractivity contribution in [1.29, 1.82) is 0 Å². The van der Waals surface area contributed by atoms with E-state index in [-0.39, 0.29) is 5.56 Å². The number of hydrogen-bond acceptors (Lipinski definition) is 3. The summed E-state index contributed by atoms with van der Waals surface area (Å²) in [5.74, 6) is 0.551. The zero-order chi connectivity index (χ0) is 13.0. The van der Waals surface area contributed by atoms with Crippen LogP contribution in [-0.4, -0.2) is 12.5 Å². The van der Waals surface area contributed by atoms with Crippen LogP contribution in [0, 0.1) is 5.82 Å². The van der Waals surface area contributed by atoms with Crippen molar-refractivity contribution in [2.24, 2.45) is 0 Å². The Labute approximate surface area is 109 Å². The lowest BCUT2D eigenvalue weighted by atomic mass is 10.2. The van der Waals surface area contributed by atoms with Gasteiger partial charge in [-0.15, -0.1) is 11.8 Å². The van der Waals surface area contributed by atoms with Crippen molar-refractivity contribution >= 4 is 18.0 Å². The molecule has 2 aromatic rings. The highest BCUT2D eigenvalue weighted by atomic mass is 32.2. The standard InChI is InChI=1S/C14H11FO2S/c1-18-14-5-3-2-4-13(14)17-12-7-6-11(15)8-10(12)9-16/h2-9H,1H3. The van der Waals surface area contributed by atoms with Crippen molar-refractivity contribution in [3.05, 3.63) is 53.8 Å². The quantitative estimate of drug-likeness (QED) is 0.611. The Morgan fingerprint density at radius 2 is 1.94 bits per heavy atom. The zero-order valence-electron chi connectivity index (χ0n) is 9.72. The Bertz CT molecular complexity index is 569. The van der Waals surface area contributed by atoms with Crippen LogP contribution in [0.4, 0.5) is 4.39 Å². The second-order valence-corrected chi connectivity index (χ2v) is 4.40. The fourth-order valence-electron chi connectivity index (χ4n) is 1.53. The molecule has 18 heavy (non-hydrogen) atoms. The van der Waals surface area contributed by atoms with Gasteiger partial charge in [0.25, 0.3) is 0 Å². The molecule has 0 radical (unpaired) electrons. The molecule has 2 rings (SSSR count). The van der Waals surface area contributed by atoms with E-state index < -0.39 is 5.82 Å². The van der Waals surface area contributed by atoms with Crippen molar-refractivity contribution in [3.63, 3.8) is 0 Å². The molecule has 0 aliphatic heterocycles. The van der Waals surface area contributed by atoms with E-state index in [0.717, 1.165) is 11.0 Å². The minimum atomic E-state index is -0.456. The highest BCUT2D eigenvalue weighted by molar-refractivity contribution is 7.98. The average Bonchev–Trinajstić information content (AvgIpc) is 2.41. The van der Waals surface area contributed by atoms with Crippen molar-refractivity contribution in [1.82, 2.24) is 0 Å². The molecule has 0 fully saturated rings. The summed E-state index contributed by atoms with van der Waals surface area (Å²) in [5, 5.41) is 0. The number of ether oxygens (including phenoxy) is 1. The number of rotatable bonds is 4. The summed E-state index contributed by atoms with van der Waals surface area (Å²) in [5.41, 5.74) is 0.200. The summed E-state index contributed by atoms with van der Waals surface area (Å²) in [6.07, 6.45) is 2.52. The van der Waals surface area contributed by atoms with Crippen LogP contribution in [-0.2, 0) is 0 Å². The monoisotopic (exact) mass is 262 g/mol. The molecule has 0 atom stereocenters. The molecule has 92 valence electrons. The predicted molar refractivity (Wildman–Crippen MR) is 70.1 cm³/mol. The van der Waals surface area contributed by atoms with Gasteiger partial charge >= 0.3 is 0 Å². The van der Waals surface area contributed by atoms with Gasteiger partial charge in [-0.2, -0.15) is 0 Å². The molecule has 0 spiro atoms. The van der Waals surface area contributed by atoms with Gasteiger partial charge in [0.05, 0.1) is 5.56 Å². The minimum Gasteiger partial charge on any atom is -0.455 e. The number of hydrogen-bond donors (Lipinski definition) is 0. The van der Waals surface area contributed by atoms with Gasteiger partial charge in [-0.25, -0.2) is 4.39 Å². The zero-order valence-corrected chi connectivity index (χ0v) is 10.5. The van der Waals surface area contributed by atoms with E-state index in [1.807, 2.05) is 30.5 Å². The summed E-state index contributed by atoms with van der Waals surface area (Å²) in [7, 11) is 0. The fraction of sp³-hybridized carbons (Fsp3) is 0.0714. The van der Waals surface area contributed by atoms with E-state index in [0.29, 0.717) is 17.8 Å². The molecule has 2 aromatic carbocycles. The Balaban J connectivity index is 2.36. The van der Waals surface area contributed by atoms with Gasteiger partial charge in [0.1, 0.15) is 17.3 Å². The molecule has 0 saturated heterocycles. The van der Waals surface area contributed by atoms with Gasteiger partial charge < -0.3 is 4.74 Å². The molecular weight excluding hydrogens is 251 g/mol. The van der Waals surface area contributed by atoms with E-state index in [9.17, 15) is 9.18 Å². The van der Waals surface area contributed by atoms with Crippen LogP contribution in [0.15, 0.2) is 47.4 Å². The van der Waals surface area contributed by atoms with Crippen molar-refractivity contribution in [2.45, 2.75) is 4.90 Å². The molecule has 2 nitrogen and oxygen atoms in total. The molecule has 0 amide bonds. The molecule has 0 unspecified atom stereocenters. The lowest BCUT2D eigenvalue weighted by molar-refractivity contribution is 0.112. The van der Waals surface area contributed by atoms with Gasteiger partial charge in [-0.05, 0) is 36.6 Å². The minimum absolute atomic E-state index is 0.200. The molecule has 0 heterocycles. The Morgan fingerprint density at radius 3 is 2.67 bits per heavy atom. The second kappa shape index (κ2) is 5.69. The first-order chi connectivity index (χ1) is 8.74.